The summed E-state index contributed by atoms with van der Waals surface area (Å²) in [6, 6.07) is 3.86. The van der Waals surface area contributed by atoms with Crippen LogP contribution < -0.4 is 5.73 Å². The van der Waals surface area contributed by atoms with Gasteiger partial charge in [0.2, 0.25) is 5.91 Å². The highest BCUT2D eigenvalue weighted by molar-refractivity contribution is 5.94. The van der Waals surface area contributed by atoms with E-state index in [1.54, 1.807) is 6.07 Å². The van der Waals surface area contributed by atoms with Gasteiger partial charge in [0, 0.05) is 0 Å². The smallest absolute Gasteiger partial charge is 0.366 e. The van der Waals surface area contributed by atoms with Crippen LogP contribution in [0, 0.1) is 0 Å². The molecule has 0 aromatic heterocycles. The minimum absolute atomic E-state index is 0.106. The van der Waals surface area contributed by atoms with Crippen LogP contribution >= 0.6 is 0 Å². The average Bonchev–Trinajstić information content (AvgIpc) is 2.38. The van der Waals surface area contributed by atoms with E-state index in [9.17, 15) is 18.0 Å². The van der Waals surface area contributed by atoms with Gasteiger partial charge in [0.25, 0.3) is 0 Å². The van der Waals surface area contributed by atoms with Gasteiger partial charge in [-0.15, -0.1) is 0 Å². The molecule has 0 radical (unpaired) electrons. The number of hydrogen-bond donors (Lipinski definition) is 1. The van der Waals surface area contributed by atoms with Crippen molar-refractivity contribution in [1.82, 2.24) is 4.90 Å². The molecule has 0 aliphatic carbocycles. The van der Waals surface area contributed by atoms with E-state index in [0.717, 1.165) is 32.0 Å². The zero-order valence-electron chi connectivity index (χ0n) is 11.2. The van der Waals surface area contributed by atoms with E-state index in [-0.39, 0.29) is 5.92 Å². The van der Waals surface area contributed by atoms with Crippen LogP contribution in [-0.4, -0.2) is 30.9 Å². The van der Waals surface area contributed by atoms with Gasteiger partial charge in [0.1, 0.15) is 0 Å². The van der Waals surface area contributed by atoms with Crippen LogP contribution in [-0.2, 0) is 6.18 Å². The Bertz CT molecular complexity index is 506. The molecular formula is C14H17F3N2O. The highest BCUT2D eigenvalue weighted by Gasteiger charge is 2.35. The third kappa shape index (κ3) is 3.12. The number of nitrogens with zero attached hydrogens (tertiary/aromatic N) is 1. The molecule has 1 amide bonds. The van der Waals surface area contributed by atoms with Crippen LogP contribution in [0.1, 0.15) is 40.2 Å². The standard InChI is InChI=1S/C14H17F3N2O/c1-19-6-4-9(5-7-19)10-2-3-11(13(18)20)12(8-10)14(15,16)17/h2-3,8-9H,4-7H2,1H3,(H2,18,20). The summed E-state index contributed by atoms with van der Waals surface area (Å²) in [6.07, 6.45) is -2.92. The number of hydrogen-bond acceptors (Lipinski definition) is 2. The summed E-state index contributed by atoms with van der Waals surface area (Å²) >= 11 is 0. The first-order chi connectivity index (χ1) is 9.29. The van der Waals surface area contributed by atoms with Gasteiger partial charge in [-0.2, -0.15) is 13.2 Å². The van der Waals surface area contributed by atoms with Crippen LogP contribution in [0.5, 0.6) is 0 Å². The summed E-state index contributed by atoms with van der Waals surface area (Å²) in [5.41, 5.74) is 4.25. The van der Waals surface area contributed by atoms with Gasteiger partial charge >= 0.3 is 6.18 Å². The number of alkyl halides is 3. The summed E-state index contributed by atoms with van der Waals surface area (Å²) < 4.78 is 39.0. The normalized spacial score (nSPS) is 18.2. The number of rotatable bonds is 2. The molecule has 0 bridgehead atoms. The zero-order valence-corrected chi connectivity index (χ0v) is 11.2. The summed E-state index contributed by atoms with van der Waals surface area (Å²) in [5, 5.41) is 0. The van der Waals surface area contributed by atoms with Gasteiger partial charge in [-0.1, -0.05) is 6.07 Å². The third-order valence-electron chi connectivity index (χ3n) is 3.80. The Kier molecular flexibility index (Phi) is 4.04. The summed E-state index contributed by atoms with van der Waals surface area (Å²) in [5.74, 6) is -0.943. The number of primary amides is 1. The second-order valence-corrected chi connectivity index (χ2v) is 5.24. The molecule has 110 valence electrons. The lowest BCUT2D eigenvalue weighted by molar-refractivity contribution is -0.138. The van der Waals surface area contributed by atoms with Crippen LogP contribution in [0.15, 0.2) is 18.2 Å². The molecule has 0 atom stereocenters. The van der Waals surface area contributed by atoms with Gasteiger partial charge < -0.3 is 10.6 Å². The average molecular weight is 286 g/mol. The van der Waals surface area contributed by atoms with Crippen molar-refractivity contribution in [2.45, 2.75) is 24.9 Å². The van der Waals surface area contributed by atoms with Crippen LogP contribution in [0.4, 0.5) is 13.2 Å². The predicted octanol–water partition coefficient (Wildman–Crippen LogP) is 2.61. The number of carbonyl (C=O) groups is 1. The van der Waals surface area contributed by atoms with Gasteiger partial charge in [-0.05, 0) is 56.6 Å². The van der Waals surface area contributed by atoms with Crippen molar-refractivity contribution in [1.29, 1.82) is 0 Å². The first-order valence-corrected chi connectivity index (χ1v) is 6.48. The third-order valence-corrected chi connectivity index (χ3v) is 3.80. The maximum Gasteiger partial charge on any atom is 0.417 e. The molecule has 6 heteroatoms. The van der Waals surface area contributed by atoms with Crippen LogP contribution in [0.3, 0.4) is 0 Å². The Hall–Kier alpha value is -1.56. The fourth-order valence-electron chi connectivity index (χ4n) is 2.61. The molecule has 1 aromatic rings. The number of halogens is 3. The van der Waals surface area contributed by atoms with Crippen molar-refractivity contribution in [2.24, 2.45) is 5.73 Å². The van der Waals surface area contributed by atoms with Crippen molar-refractivity contribution < 1.29 is 18.0 Å². The second kappa shape index (κ2) is 5.44. The number of nitrogens with two attached hydrogens (primary N) is 1. The Morgan fingerprint density at radius 1 is 1.30 bits per heavy atom. The van der Waals surface area contributed by atoms with E-state index in [1.165, 1.54) is 6.07 Å². The molecule has 1 aliphatic heterocycles. The SMILES string of the molecule is CN1CCC(c2ccc(C(N)=O)c(C(F)(F)F)c2)CC1. The molecule has 1 aromatic carbocycles. The Morgan fingerprint density at radius 3 is 2.40 bits per heavy atom. The molecule has 0 spiro atoms. The molecule has 1 aliphatic rings. The van der Waals surface area contributed by atoms with Gasteiger partial charge in [0.05, 0.1) is 11.1 Å². The maximum atomic E-state index is 13.0. The monoisotopic (exact) mass is 286 g/mol. The van der Waals surface area contributed by atoms with Crippen molar-refractivity contribution in [3.63, 3.8) is 0 Å². The lowest BCUT2D eigenvalue weighted by Gasteiger charge is -2.29. The fourth-order valence-corrected chi connectivity index (χ4v) is 2.61. The number of carbonyl (C=O) groups excluding carboxylic acids is 1. The lowest BCUT2D eigenvalue weighted by Crippen LogP contribution is -2.29. The molecule has 2 rings (SSSR count). The zero-order chi connectivity index (χ0) is 14.9. The highest BCUT2D eigenvalue weighted by atomic mass is 19.4. The minimum Gasteiger partial charge on any atom is -0.366 e. The molecule has 2 N–H and O–H groups in total. The molecule has 20 heavy (non-hydrogen) atoms. The van der Waals surface area contributed by atoms with Crippen molar-refractivity contribution in [2.75, 3.05) is 20.1 Å². The number of likely N-dealkylation sites (tertiary alicyclic amines) is 1. The quantitative estimate of drug-likeness (QED) is 0.908. The fraction of sp³-hybridized carbons (Fsp3) is 0.500. The largest absolute Gasteiger partial charge is 0.417 e. The minimum atomic E-state index is -4.56. The van der Waals surface area contributed by atoms with Crippen molar-refractivity contribution in [3.8, 4) is 0 Å². The van der Waals surface area contributed by atoms with Gasteiger partial charge in [-0.3, -0.25) is 4.79 Å². The van der Waals surface area contributed by atoms with Crippen molar-refractivity contribution >= 4 is 5.91 Å². The van der Waals surface area contributed by atoms with Gasteiger partial charge in [0.15, 0.2) is 0 Å². The first-order valence-electron chi connectivity index (χ1n) is 6.48. The van der Waals surface area contributed by atoms with E-state index < -0.39 is 23.2 Å². The van der Waals surface area contributed by atoms with E-state index in [0.29, 0.717) is 5.56 Å². The molecule has 0 saturated carbocycles. The van der Waals surface area contributed by atoms with E-state index in [1.807, 2.05) is 7.05 Å². The molecule has 1 fully saturated rings. The topological polar surface area (TPSA) is 46.3 Å². The van der Waals surface area contributed by atoms with E-state index >= 15 is 0 Å². The molecular weight excluding hydrogens is 269 g/mol. The number of piperidine rings is 1. The number of benzene rings is 1. The maximum absolute atomic E-state index is 13.0. The lowest BCUT2D eigenvalue weighted by atomic mass is 9.87. The second-order valence-electron chi connectivity index (χ2n) is 5.24. The first kappa shape index (κ1) is 14.8. The van der Waals surface area contributed by atoms with Gasteiger partial charge in [-0.25, -0.2) is 0 Å². The number of amides is 1. The van der Waals surface area contributed by atoms with E-state index in [4.69, 9.17) is 5.73 Å². The molecule has 1 heterocycles. The van der Waals surface area contributed by atoms with Crippen LogP contribution in [0.25, 0.3) is 0 Å². The molecule has 0 unspecified atom stereocenters. The van der Waals surface area contributed by atoms with Crippen molar-refractivity contribution in [3.05, 3.63) is 34.9 Å². The predicted molar refractivity (Wildman–Crippen MR) is 69.4 cm³/mol. The molecule has 1 saturated heterocycles. The van der Waals surface area contributed by atoms with E-state index in [2.05, 4.69) is 4.90 Å². The Balaban J connectivity index is 2.35. The summed E-state index contributed by atoms with van der Waals surface area (Å²) in [7, 11) is 1.99. The highest BCUT2D eigenvalue weighted by Crippen LogP contribution is 2.36. The summed E-state index contributed by atoms with van der Waals surface area (Å²) in [4.78, 5) is 13.3. The Labute approximate surface area is 115 Å². The van der Waals surface area contributed by atoms with Crippen LogP contribution in [0.2, 0.25) is 0 Å². The Morgan fingerprint density at radius 2 is 1.90 bits per heavy atom. The molecule has 3 nitrogen and oxygen atoms in total. The summed E-state index contributed by atoms with van der Waals surface area (Å²) in [6.45, 7) is 1.73.